The van der Waals surface area contributed by atoms with Crippen LogP contribution in [0.5, 0.6) is 6.01 Å². The summed E-state index contributed by atoms with van der Waals surface area (Å²) in [4.78, 5) is 15.1. The Balaban J connectivity index is 2.73. The van der Waals surface area contributed by atoms with Gasteiger partial charge in [-0.3, -0.25) is 4.79 Å². The predicted molar refractivity (Wildman–Crippen MR) is 74.8 cm³/mol. The van der Waals surface area contributed by atoms with Gasteiger partial charge in [0, 0.05) is 12.1 Å². The lowest BCUT2D eigenvalue weighted by molar-refractivity contribution is -0.291. The van der Waals surface area contributed by atoms with E-state index in [1.165, 1.54) is 6.92 Å². The van der Waals surface area contributed by atoms with Crippen LogP contribution < -0.4 is 10.3 Å². The molecule has 25 heavy (non-hydrogen) atoms. The van der Waals surface area contributed by atoms with Crippen LogP contribution in [0.4, 0.5) is 26.3 Å². The number of benzene rings is 1. The second-order valence-corrected chi connectivity index (χ2v) is 5.02. The highest BCUT2D eigenvalue weighted by atomic mass is 35.5. The fourth-order valence-electron chi connectivity index (χ4n) is 1.82. The van der Waals surface area contributed by atoms with Crippen molar-refractivity contribution in [2.24, 2.45) is 0 Å². The molecule has 0 saturated heterocycles. The Morgan fingerprint density at radius 3 is 2.44 bits per heavy atom. The van der Waals surface area contributed by atoms with Crippen LogP contribution in [0.25, 0.3) is 5.69 Å². The molecular weight excluding hydrogens is 378 g/mol. The molecule has 0 aliphatic carbocycles. The molecule has 0 N–H and O–H groups in total. The van der Waals surface area contributed by atoms with Crippen LogP contribution in [0, 0.1) is 11.9 Å². The van der Waals surface area contributed by atoms with Gasteiger partial charge in [0.25, 0.3) is 5.56 Å². The van der Waals surface area contributed by atoms with Gasteiger partial charge >= 0.3 is 18.1 Å². The Labute approximate surface area is 141 Å². The van der Waals surface area contributed by atoms with E-state index in [2.05, 4.69) is 11.1 Å². The highest BCUT2D eigenvalue weighted by molar-refractivity contribution is 6.30. The maximum absolute atomic E-state index is 14.0. The summed E-state index contributed by atoms with van der Waals surface area (Å²) in [5, 5.41) is -0.138. The van der Waals surface area contributed by atoms with Crippen molar-refractivity contribution in [3.05, 3.63) is 51.2 Å². The normalized spacial score (nSPS) is 12.3. The third-order valence-electron chi connectivity index (χ3n) is 2.92. The number of rotatable bonds is 4. The van der Waals surface area contributed by atoms with Crippen LogP contribution in [0.3, 0.4) is 0 Å². The van der Waals surface area contributed by atoms with Gasteiger partial charge in [0.2, 0.25) is 0 Å². The van der Waals surface area contributed by atoms with Crippen LogP contribution in [-0.4, -0.2) is 22.3 Å². The zero-order valence-corrected chi connectivity index (χ0v) is 13.1. The van der Waals surface area contributed by atoms with E-state index in [-0.39, 0.29) is 17.7 Å². The topological polar surface area (TPSA) is 44.1 Å². The van der Waals surface area contributed by atoms with Crippen molar-refractivity contribution in [2.75, 3.05) is 6.61 Å². The summed E-state index contributed by atoms with van der Waals surface area (Å²) in [5.41, 5.74) is -3.78. The van der Waals surface area contributed by atoms with Gasteiger partial charge < -0.3 is 4.74 Å². The number of ether oxygens (including phenoxy) is 1. The molecule has 0 bridgehead atoms. The smallest absolute Gasteiger partial charge is 0.459 e. The quantitative estimate of drug-likeness (QED) is 0.750. The lowest BCUT2D eigenvalue weighted by Gasteiger charge is -2.20. The second-order valence-electron chi connectivity index (χ2n) is 4.62. The van der Waals surface area contributed by atoms with Crippen molar-refractivity contribution in [3.63, 3.8) is 0 Å². The highest BCUT2D eigenvalue weighted by Gasteiger charge is 2.60. The van der Waals surface area contributed by atoms with E-state index in [0.29, 0.717) is 4.57 Å². The Kier molecular flexibility index (Phi) is 5.03. The number of aromatic nitrogens is 2. The summed E-state index contributed by atoms with van der Waals surface area (Å²) in [6.45, 7) is 1.14. The molecule has 0 fully saturated rings. The molecule has 0 aliphatic rings. The van der Waals surface area contributed by atoms with Gasteiger partial charge in [-0.25, -0.2) is 8.96 Å². The van der Waals surface area contributed by atoms with E-state index in [1.54, 1.807) is 0 Å². The minimum absolute atomic E-state index is 0.0376. The number of nitrogens with zero attached hydrogens (tertiary/aromatic N) is 2. The summed E-state index contributed by atoms with van der Waals surface area (Å²) in [7, 11) is 0. The molecule has 1 aromatic carbocycles. The number of hydrogen-bond acceptors (Lipinski definition) is 3. The standard InChI is InChI=1S/C14H8ClF6N2O2/c1-2-25-12-22-10(13(17,18)14(19,20)21)6-11(24)23(12)9-4-3-7(15)5-8(9)16/h4-6H,2H2,1H3. The van der Waals surface area contributed by atoms with E-state index in [0.717, 1.165) is 12.1 Å². The van der Waals surface area contributed by atoms with E-state index in [1.807, 2.05) is 0 Å². The molecule has 11 heteroatoms. The lowest BCUT2D eigenvalue weighted by atomic mass is 10.2. The monoisotopic (exact) mass is 385 g/mol. The van der Waals surface area contributed by atoms with Crippen molar-refractivity contribution in [3.8, 4) is 11.7 Å². The minimum Gasteiger partial charge on any atom is -0.465 e. The van der Waals surface area contributed by atoms with E-state index in [4.69, 9.17) is 16.3 Å². The van der Waals surface area contributed by atoms with Gasteiger partial charge in [-0.15, -0.1) is 0 Å². The maximum Gasteiger partial charge on any atom is 0.459 e. The first-order valence-corrected chi connectivity index (χ1v) is 6.95. The SMILES string of the molecule is CCOc1nc(C(F)(F)C(F)(F)F)cc(=O)n1-c1c[c]c(Cl)cc1F. The molecule has 0 atom stereocenters. The molecule has 0 aliphatic heterocycles. The van der Waals surface area contributed by atoms with Crippen LogP contribution in [0.1, 0.15) is 12.6 Å². The van der Waals surface area contributed by atoms with Crippen molar-refractivity contribution < 1.29 is 31.1 Å². The molecule has 1 aromatic heterocycles. The first kappa shape index (κ1) is 19.1. The van der Waals surface area contributed by atoms with Crippen LogP contribution in [0.2, 0.25) is 5.02 Å². The van der Waals surface area contributed by atoms with E-state index < -0.39 is 40.9 Å². The fourth-order valence-corrected chi connectivity index (χ4v) is 1.97. The molecule has 0 spiro atoms. The predicted octanol–water partition coefficient (Wildman–Crippen LogP) is 3.88. The first-order chi connectivity index (χ1) is 11.5. The lowest BCUT2D eigenvalue weighted by Crippen LogP contribution is -2.37. The molecule has 1 heterocycles. The summed E-state index contributed by atoms with van der Waals surface area (Å²) in [6.07, 6.45) is -5.97. The van der Waals surface area contributed by atoms with Gasteiger partial charge in [0.15, 0.2) is 0 Å². The molecule has 0 unspecified atom stereocenters. The molecule has 2 aromatic rings. The van der Waals surface area contributed by atoms with Crippen molar-refractivity contribution in [1.82, 2.24) is 9.55 Å². The van der Waals surface area contributed by atoms with Crippen molar-refractivity contribution in [1.29, 1.82) is 0 Å². The van der Waals surface area contributed by atoms with Crippen LogP contribution in [-0.2, 0) is 5.92 Å². The second kappa shape index (κ2) is 6.58. The molecule has 4 nitrogen and oxygen atoms in total. The molecule has 0 amide bonds. The molecule has 0 saturated carbocycles. The number of hydrogen-bond donors (Lipinski definition) is 0. The van der Waals surface area contributed by atoms with E-state index >= 15 is 0 Å². The van der Waals surface area contributed by atoms with E-state index in [9.17, 15) is 31.1 Å². The zero-order valence-electron chi connectivity index (χ0n) is 12.3. The van der Waals surface area contributed by atoms with Gasteiger partial charge in [0.05, 0.1) is 17.3 Å². The van der Waals surface area contributed by atoms with Gasteiger partial charge in [-0.05, 0) is 19.1 Å². The molecule has 2 rings (SSSR count). The molecule has 1 radical (unpaired) electrons. The van der Waals surface area contributed by atoms with Crippen LogP contribution >= 0.6 is 11.6 Å². The Bertz CT molecular complexity index is 850. The summed E-state index contributed by atoms with van der Waals surface area (Å²) in [5.74, 6) is -6.44. The average Bonchev–Trinajstić information content (AvgIpc) is 2.47. The molecular formula is C14H8ClF6N2O2. The van der Waals surface area contributed by atoms with Gasteiger partial charge in [-0.1, -0.05) is 11.6 Å². The third kappa shape index (κ3) is 3.58. The third-order valence-corrected chi connectivity index (χ3v) is 3.14. The maximum atomic E-state index is 14.0. The summed E-state index contributed by atoms with van der Waals surface area (Å²) >= 11 is 5.53. The Hall–Kier alpha value is -2.23. The Morgan fingerprint density at radius 1 is 1.28 bits per heavy atom. The van der Waals surface area contributed by atoms with Crippen LogP contribution in [0.15, 0.2) is 23.0 Å². The first-order valence-electron chi connectivity index (χ1n) is 6.58. The molecule has 135 valence electrons. The Morgan fingerprint density at radius 2 is 1.92 bits per heavy atom. The van der Waals surface area contributed by atoms with Crippen molar-refractivity contribution >= 4 is 11.6 Å². The minimum atomic E-state index is -5.97. The number of halogens is 7. The summed E-state index contributed by atoms with van der Waals surface area (Å²) in [6, 6.07) is 3.08. The largest absolute Gasteiger partial charge is 0.465 e. The highest BCUT2D eigenvalue weighted by Crippen LogP contribution is 2.43. The fraction of sp³-hybridized carbons (Fsp3) is 0.286. The van der Waals surface area contributed by atoms with Gasteiger partial charge in [0.1, 0.15) is 11.5 Å². The summed E-state index contributed by atoms with van der Waals surface area (Å²) < 4.78 is 83.6. The zero-order chi connectivity index (χ0) is 19.0. The van der Waals surface area contributed by atoms with Crippen molar-refractivity contribution in [2.45, 2.75) is 19.0 Å². The van der Waals surface area contributed by atoms with Gasteiger partial charge in [-0.2, -0.15) is 26.9 Å². The average molecular weight is 386 g/mol. The number of alkyl halides is 5.